The van der Waals surface area contributed by atoms with Crippen LogP contribution in [0.25, 0.3) is 0 Å². The van der Waals surface area contributed by atoms with Crippen LogP contribution in [0.2, 0.25) is 0 Å². The first-order chi connectivity index (χ1) is 11.1. The molecule has 0 heterocycles. The van der Waals surface area contributed by atoms with Crippen LogP contribution in [0.5, 0.6) is 0 Å². The van der Waals surface area contributed by atoms with Crippen LogP contribution in [0.3, 0.4) is 0 Å². The van der Waals surface area contributed by atoms with E-state index in [9.17, 15) is 4.79 Å². The van der Waals surface area contributed by atoms with Crippen LogP contribution in [0, 0.1) is 0 Å². The summed E-state index contributed by atoms with van der Waals surface area (Å²) in [5.41, 5.74) is 0. The van der Waals surface area contributed by atoms with Crippen molar-refractivity contribution in [3.8, 4) is 0 Å². The van der Waals surface area contributed by atoms with Gasteiger partial charge < -0.3 is 24.6 Å². The molecular weight excluding hydrogens is 298 g/mol. The number of carbonyl (C=O) groups is 1. The summed E-state index contributed by atoms with van der Waals surface area (Å²) in [5.74, 6) is -0.879. The highest BCUT2D eigenvalue weighted by molar-refractivity contribution is 5.64. The fourth-order valence-corrected chi connectivity index (χ4v) is 2.63. The molecule has 0 saturated heterocycles. The van der Waals surface area contributed by atoms with Crippen molar-refractivity contribution >= 4 is 6.09 Å². The van der Waals surface area contributed by atoms with Gasteiger partial charge in [-0.25, -0.2) is 4.79 Å². The monoisotopic (exact) mass is 333 g/mol. The average Bonchev–Trinajstić information content (AvgIpc) is 2.56. The van der Waals surface area contributed by atoms with Gasteiger partial charge in [0.05, 0.1) is 0 Å². The van der Waals surface area contributed by atoms with Crippen molar-refractivity contribution in [1.82, 2.24) is 5.32 Å². The molecule has 0 radical (unpaired) electrons. The first-order valence-electron chi connectivity index (χ1n) is 8.72. The molecule has 0 aromatic rings. The molecule has 0 aliphatic carbocycles. The van der Waals surface area contributed by atoms with E-state index in [0.717, 1.165) is 25.7 Å². The quantitative estimate of drug-likeness (QED) is 0.328. The van der Waals surface area contributed by atoms with Gasteiger partial charge in [0.1, 0.15) is 0 Å². The van der Waals surface area contributed by atoms with Crippen molar-refractivity contribution in [2.45, 2.75) is 76.6 Å². The fourth-order valence-electron chi connectivity index (χ4n) is 2.63. The van der Waals surface area contributed by atoms with Gasteiger partial charge in [0.25, 0.3) is 5.97 Å². The zero-order chi connectivity index (χ0) is 17.4. The van der Waals surface area contributed by atoms with Crippen molar-refractivity contribution < 1.29 is 24.1 Å². The Morgan fingerprint density at radius 2 is 1.17 bits per heavy atom. The van der Waals surface area contributed by atoms with Crippen LogP contribution < -0.4 is 5.32 Å². The molecule has 138 valence electrons. The maximum atomic E-state index is 10.3. The fraction of sp³-hybridized carbons (Fsp3) is 0.941. The van der Waals surface area contributed by atoms with E-state index in [-0.39, 0.29) is 0 Å². The second-order valence-corrected chi connectivity index (χ2v) is 5.81. The zero-order valence-electron chi connectivity index (χ0n) is 15.1. The van der Waals surface area contributed by atoms with Gasteiger partial charge in [-0.05, 0) is 12.8 Å². The first kappa shape index (κ1) is 22.1. The molecule has 0 aromatic carbocycles. The van der Waals surface area contributed by atoms with E-state index in [1.54, 1.807) is 21.3 Å². The smallest absolute Gasteiger partial charge is 0.404 e. The average molecular weight is 333 g/mol. The highest BCUT2D eigenvalue weighted by atomic mass is 16.9. The third-order valence-electron chi connectivity index (χ3n) is 4.12. The number of hydrogen-bond acceptors (Lipinski definition) is 4. The molecule has 6 nitrogen and oxygen atoms in total. The molecule has 0 atom stereocenters. The Hall–Kier alpha value is -0.850. The molecule has 0 saturated carbocycles. The van der Waals surface area contributed by atoms with Crippen LogP contribution in [0.15, 0.2) is 0 Å². The SMILES string of the molecule is COC(CCCCCCCCCCCCNC(=O)O)(OC)OC. The third kappa shape index (κ3) is 12.3. The predicted molar refractivity (Wildman–Crippen MR) is 90.6 cm³/mol. The Bertz CT molecular complexity index is 274. The van der Waals surface area contributed by atoms with E-state index in [1.165, 1.54) is 44.9 Å². The summed E-state index contributed by atoms with van der Waals surface area (Å²) >= 11 is 0. The lowest BCUT2D eigenvalue weighted by Crippen LogP contribution is -2.35. The van der Waals surface area contributed by atoms with Crippen molar-refractivity contribution in [1.29, 1.82) is 0 Å². The third-order valence-corrected chi connectivity index (χ3v) is 4.12. The van der Waals surface area contributed by atoms with E-state index in [0.29, 0.717) is 6.54 Å². The Morgan fingerprint density at radius 1 is 0.783 bits per heavy atom. The van der Waals surface area contributed by atoms with Gasteiger partial charge in [-0.3, -0.25) is 0 Å². The number of unbranched alkanes of at least 4 members (excludes halogenated alkanes) is 9. The number of nitrogens with one attached hydrogen (secondary N) is 1. The highest BCUT2D eigenvalue weighted by Gasteiger charge is 2.28. The van der Waals surface area contributed by atoms with Crippen molar-refractivity contribution in [3.63, 3.8) is 0 Å². The van der Waals surface area contributed by atoms with Gasteiger partial charge in [0, 0.05) is 34.3 Å². The van der Waals surface area contributed by atoms with Crippen LogP contribution in [0.4, 0.5) is 4.79 Å². The van der Waals surface area contributed by atoms with Crippen molar-refractivity contribution in [2.75, 3.05) is 27.9 Å². The molecule has 0 rings (SSSR count). The van der Waals surface area contributed by atoms with Crippen molar-refractivity contribution in [2.24, 2.45) is 0 Å². The molecule has 0 aromatic heterocycles. The lowest BCUT2D eigenvalue weighted by molar-refractivity contribution is -0.355. The maximum Gasteiger partial charge on any atom is 0.404 e. The molecule has 0 bridgehead atoms. The summed E-state index contributed by atoms with van der Waals surface area (Å²) in [6, 6.07) is 0. The minimum atomic E-state index is -0.927. The van der Waals surface area contributed by atoms with Gasteiger partial charge in [-0.1, -0.05) is 51.4 Å². The number of carboxylic acid groups (broad SMARTS) is 1. The molecule has 0 aliphatic rings. The number of rotatable bonds is 16. The molecular formula is C17H35NO5. The van der Waals surface area contributed by atoms with E-state index in [2.05, 4.69) is 5.32 Å². The lowest BCUT2D eigenvalue weighted by Gasteiger charge is -2.28. The topological polar surface area (TPSA) is 77.0 Å². The van der Waals surface area contributed by atoms with Crippen LogP contribution in [0.1, 0.15) is 70.6 Å². The lowest BCUT2D eigenvalue weighted by atomic mass is 10.1. The van der Waals surface area contributed by atoms with Crippen LogP contribution in [-0.4, -0.2) is 45.0 Å². The normalized spacial score (nSPS) is 11.6. The zero-order valence-corrected chi connectivity index (χ0v) is 15.1. The highest BCUT2D eigenvalue weighted by Crippen LogP contribution is 2.21. The second kappa shape index (κ2) is 14.7. The maximum absolute atomic E-state index is 10.3. The molecule has 1 amide bonds. The number of amides is 1. The predicted octanol–water partition coefficient (Wildman–Crippen LogP) is 4.14. The van der Waals surface area contributed by atoms with Gasteiger partial charge in [0.2, 0.25) is 0 Å². The summed E-state index contributed by atoms with van der Waals surface area (Å²) in [5, 5.41) is 10.8. The molecule has 0 aliphatic heterocycles. The van der Waals surface area contributed by atoms with Gasteiger partial charge >= 0.3 is 6.09 Å². The summed E-state index contributed by atoms with van der Waals surface area (Å²) < 4.78 is 15.8. The summed E-state index contributed by atoms with van der Waals surface area (Å²) in [4.78, 5) is 10.3. The minimum Gasteiger partial charge on any atom is -0.465 e. The molecule has 6 heteroatoms. The van der Waals surface area contributed by atoms with Gasteiger partial charge in [-0.2, -0.15) is 0 Å². The van der Waals surface area contributed by atoms with Crippen LogP contribution >= 0.6 is 0 Å². The van der Waals surface area contributed by atoms with Gasteiger partial charge in [-0.15, -0.1) is 0 Å². The summed E-state index contributed by atoms with van der Waals surface area (Å²) in [6.07, 6.45) is 11.5. The van der Waals surface area contributed by atoms with E-state index in [1.807, 2.05) is 0 Å². The Morgan fingerprint density at radius 3 is 1.57 bits per heavy atom. The summed E-state index contributed by atoms with van der Waals surface area (Å²) in [7, 11) is 4.81. The van der Waals surface area contributed by atoms with E-state index >= 15 is 0 Å². The molecule has 0 unspecified atom stereocenters. The Balaban J connectivity index is 3.29. The second-order valence-electron chi connectivity index (χ2n) is 5.81. The minimum absolute atomic E-state index is 0.571. The van der Waals surface area contributed by atoms with Crippen molar-refractivity contribution in [3.05, 3.63) is 0 Å². The Kier molecular flexibility index (Phi) is 14.2. The number of ether oxygens (including phenoxy) is 3. The van der Waals surface area contributed by atoms with E-state index < -0.39 is 12.1 Å². The molecule has 0 spiro atoms. The Labute approximate surface area is 140 Å². The largest absolute Gasteiger partial charge is 0.465 e. The van der Waals surface area contributed by atoms with Gasteiger partial charge in [0.15, 0.2) is 0 Å². The summed E-state index contributed by atoms with van der Waals surface area (Å²) in [6.45, 7) is 0.571. The first-order valence-corrected chi connectivity index (χ1v) is 8.72. The van der Waals surface area contributed by atoms with E-state index in [4.69, 9.17) is 19.3 Å². The number of hydrogen-bond donors (Lipinski definition) is 2. The molecule has 23 heavy (non-hydrogen) atoms. The van der Waals surface area contributed by atoms with Crippen LogP contribution in [-0.2, 0) is 14.2 Å². The molecule has 2 N–H and O–H groups in total. The number of methoxy groups -OCH3 is 3. The molecule has 0 fully saturated rings. The standard InChI is InChI=1S/C17H35NO5/c1-21-17(22-2,23-3)14-12-10-8-6-4-5-7-9-11-13-15-18-16(19)20/h18H,4-15H2,1-3H3,(H,19,20).